The zero-order chi connectivity index (χ0) is 8.65. The molecule has 1 amide bonds. The van der Waals surface area contributed by atoms with Gasteiger partial charge in [0.1, 0.15) is 6.61 Å². The number of ether oxygens (including phenoxy) is 1. The summed E-state index contributed by atoms with van der Waals surface area (Å²) < 4.78 is 4.85. The lowest BCUT2D eigenvalue weighted by atomic mass is 10.1. The molecule has 1 rings (SSSR count). The van der Waals surface area contributed by atoms with Gasteiger partial charge in [0.25, 0.3) is 0 Å². The number of nitrogens with zero attached hydrogens (tertiary/aromatic N) is 1. The van der Waals surface area contributed by atoms with Gasteiger partial charge in [-0.25, -0.2) is 4.79 Å². The van der Waals surface area contributed by atoms with Crippen molar-refractivity contribution in [3.63, 3.8) is 0 Å². The topological polar surface area (TPSA) is 55.6 Å². The summed E-state index contributed by atoms with van der Waals surface area (Å²) in [6.45, 7) is 6.06. The minimum absolute atomic E-state index is 0.259. The smallest absolute Gasteiger partial charge is 0.411 e. The molecule has 64 valence electrons. The minimum atomic E-state index is -0.315. The molecule has 4 heteroatoms. The van der Waals surface area contributed by atoms with Gasteiger partial charge in [0.15, 0.2) is 0 Å². The largest absolute Gasteiger partial charge is 0.447 e. The summed E-state index contributed by atoms with van der Waals surface area (Å²) in [5, 5.41) is 0. The third-order valence-electron chi connectivity index (χ3n) is 1.80. The van der Waals surface area contributed by atoms with Crippen molar-refractivity contribution in [2.24, 2.45) is 5.73 Å². The van der Waals surface area contributed by atoms with Crippen LogP contribution < -0.4 is 5.73 Å². The highest BCUT2D eigenvalue weighted by Gasteiger charge is 2.41. The van der Waals surface area contributed by atoms with E-state index in [9.17, 15) is 4.79 Å². The highest BCUT2D eigenvalue weighted by Crippen LogP contribution is 2.23. The molecule has 0 aromatic rings. The summed E-state index contributed by atoms with van der Waals surface area (Å²) in [5.41, 5.74) is 5.33. The Hall–Kier alpha value is -0.770. The molecule has 0 aromatic carbocycles. The maximum atomic E-state index is 11.1. The summed E-state index contributed by atoms with van der Waals surface area (Å²) in [6.07, 6.45) is -0.593. The van der Waals surface area contributed by atoms with Crippen LogP contribution in [0, 0.1) is 0 Å². The molecular formula is C7H14N2O2. The molecule has 0 radical (unpaired) electrons. The monoisotopic (exact) mass is 158 g/mol. The van der Waals surface area contributed by atoms with Crippen LogP contribution in [0.5, 0.6) is 0 Å². The second-order valence-electron chi connectivity index (χ2n) is 3.48. The highest BCUT2D eigenvalue weighted by atomic mass is 16.6. The molecule has 4 nitrogen and oxygen atoms in total. The molecule has 0 bridgehead atoms. The van der Waals surface area contributed by atoms with E-state index < -0.39 is 0 Å². The highest BCUT2D eigenvalue weighted by molar-refractivity contribution is 5.71. The van der Waals surface area contributed by atoms with E-state index in [1.54, 1.807) is 11.8 Å². The average molecular weight is 158 g/mol. The Bertz CT molecular complexity index is 177. The third-order valence-corrected chi connectivity index (χ3v) is 1.80. The van der Waals surface area contributed by atoms with Gasteiger partial charge in [-0.15, -0.1) is 0 Å². The molecule has 11 heavy (non-hydrogen) atoms. The van der Waals surface area contributed by atoms with Crippen molar-refractivity contribution in [1.29, 1.82) is 0 Å². The van der Waals surface area contributed by atoms with Crippen molar-refractivity contribution >= 4 is 6.09 Å². The Labute approximate surface area is 66.3 Å². The number of hydrogen-bond acceptors (Lipinski definition) is 3. The maximum absolute atomic E-state index is 11.1. The first-order valence-electron chi connectivity index (χ1n) is 3.67. The van der Waals surface area contributed by atoms with E-state index in [1.807, 2.05) is 13.8 Å². The van der Waals surface area contributed by atoms with Crippen molar-refractivity contribution < 1.29 is 9.53 Å². The van der Waals surface area contributed by atoms with Crippen molar-refractivity contribution in [3.05, 3.63) is 0 Å². The van der Waals surface area contributed by atoms with E-state index in [-0.39, 0.29) is 17.8 Å². The number of hydrogen-bond donors (Lipinski definition) is 1. The van der Waals surface area contributed by atoms with Crippen molar-refractivity contribution in [2.45, 2.75) is 32.5 Å². The second-order valence-corrected chi connectivity index (χ2v) is 3.48. The number of carbonyl (C=O) groups excluding carboxylic acids is 1. The number of rotatable bonds is 1. The standard InChI is InChI=1S/C7H14N2O2/c1-5(8)9-6(10)11-4-7(9,2)3/h5H,4,8H2,1-3H3. The van der Waals surface area contributed by atoms with Crippen LogP contribution in [0.4, 0.5) is 4.79 Å². The second kappa shape index (κ2) is 2.37. The van der Waals surface area contributed by atoms with E-state index in [2.05, 4.69) is 0 Å². The lowest BCUT2D eigenvalue weighted by molar-refractivity contribution is 0.138. The van der Waals surface area contributed by atoms with Crippen molar-refractivity contribution in [3.8, 4) is 0 Å². The van der Waals surface area contributed by atoms with Crippen LogP contribution in [0.25, 0.3) is 0 Å². The van der Waals surface area contributed by atoms with Gasteiger partial charge in [0.05, 0.1) is 11.7 Å². The van der Waals surface area contributed by atoms with Gasteiger partial charge >= 0.3 is 6.09 Å². The first-order valence-corrected chi connectivity index (χ1v) is 3.67. The Morgan fingerprint density at radius 2 is 2.27 bits per heavy atom. The molecule has 0 saturated carbocycles. The summed E-state index contributed by atoms with van der Waals surface area (Å²) in [4.78, 5) is 12.6. The van der Waals surface area contributed by atoms with Crippen LogP contribution in [0.2, 0.25) is 0 Å². The van der Waals surface area contributed by atoms with Crippen LogP contribution in [0.3, 0.4) is 0 Å². The molecule has 0 aromatic heterocycles. The molecule has 1 unspecified atom stereocenters. The molecule has 1 aliphatic rings. The Kier molecular flexibility index (Phi) is 1.80. The number of nitrogens with two attached hydrogens (primary N) is 1. The summed E-state index contributed by atoms with van der Waals surface area (Å²) in [5.74, 6) is 0. The van der Waals surface area contributed by atoms with E-state index >= 15 is 0 Å². The predicted molar refractivity (Wildman–Crippen MR) is 40.9 cm³/mol. The summed E-state index contributed by atoms with van der Waals surface area (Å²) >= 11 is 0. The third kappa shape index (κ3) is 1.30. The number of cyclic esters (lactones) is 1. The first-order chi connectivity index (χ1) is 4.95. The predicted octanol–water partition coefficient (Wildman–Crippen LogP) is 0.522. The maximum Gasteiger partial charge on any atom is 0.411 e. The van der Waals surface area contributed by atoms with Crippen LogP contribution in [-0.4, -0.2) is 29.3 Å². The lowest BCUT2D eigenvalue weighted by Crippen LogP contribution is -2.51. The minimum Gasteiger partial charge on any atom is -0.447 e. The van der Waals surface area contributed by atoms with Gasteiger partial charge < -0.3 is 10.5 Å². The van der Waals surface area contributed by atoms with Gasteiger partial charge in [-0.3, -0.25) is 4.90 Å². The number of amides is 1. The zero-order valence-corrected chi connectivity index (χ0v) is 7.13. The molecule has 0 spiro atoms. The fourth-order valence-corrected chi connectivity index (χ4v) is 1.34. The summed E-state index contributed by atoms with van der Waals surface area (Å²) in [6, 6.07) is 0. The molecule has 1 aliphatic heterocycles. The molecule has 1 fully saturated rings. The van der Waals surface area contributed by atoms with Gasteiger partial charge in [-0.05, 0) is 20.8 Å². The van der Waals surface area contributed by atoms with Gasteiger partial charge in [0.2, 0.25) is 0 Å². The van der Waals surface area contributed by atoms with Crippen LogP contribution >= 0.6 is 0 Å². The Morgan fingerprint density at radius 3 is 2.45 bits per heavy atom. The quantitative estimate of drug-likeness (QED) is 0.605. The van der Waals surface area contributed by atoms with E-state index in [1.165, 1.54) is 0 Å². The van der Waals surface area contributed by atoms with E-state index in [4.69, 9.17) is 10.5 Å². The Balaban J connectivity index is 2.80. The van der Waals surface area contributed by atoms with Gasteiger partial charge in [-0.2, -0.15) is 0 Å². The molecule has 0 aliphatic carbocycles. The summed E-state index contributed by atoms with van der Waals surface area (Å²) in [7, 11) is 0. The lowest BCUT2D eigenvalue weighted by Gasteiger charge is -2.30. The normalized spacial score (nSPS) is 25.1. The van der Waals surface area contributed by atoms with E-state index in [0.717, 1.165) is 0 Å². The SMILES string of the molecule is CC(N)N1C(=O)OCC1(C)C. The fraction of sp³-hybridized carbons (Fsp3) is 0.857. The fourth-order valence-electron chi connectivity index (χ4n) is 1.34. The van der Waals surface area contributed by atoms with Gasteiger partial charge in [0, 0.05) is 0 Å². The number of carbonyl (C=O) groups is 1. The first kappa shape index (κ1) is 8.33. The molecule has 1 atom stereocenters. The Morgan fingerprint density at radius 1 is 1.73 bits per heavy atom. The molecule has 1 saturated heterocycles. The zero-order valence-electron chi connectivity index (χ0n) is 7.13. The molecule has 1 heterocycles. The molecular weight excluding hydrogens is 144 g/mol. The average Bonchev–Trinajstić information content (AvgIpc) is 2.06. The van der Waals surface area contributed by atoms with Crippen molar-refractivity contribution in [1.82, 2.24) is 4.90 Å². The molecule has 2 N–H and O–H groups in total. The van der Waals surface area contributed by atoms with Crippen LogP contribution in [-0.2, 0) is 4.74 Å². The van der Waals surface area contributed by atoms with E-state index in [0.29, 0.717) is 6.61 Å². The van der Waals surface area contributed by atoms with Crippen molar-refractivity contribution in [2.75, 3.05) is 6.61 Å². The van der Waals surface area contributed by atoms with Crippen LogP contribution in [0.1, 0.15) is 20.8 Å². The van der Waals surface area contributed by atoms with Crippen LogP contribution in [0.15, 0.2) is 0 Å². The van der Waals surface area contributed by atoms with Gasteiger partial charge in [-0.1, -0.05) is 0 Å².